The topological polar surface area (TPSA) is 52.2 Å². The molecule has 0 aliphatic carbocycles. The Kier molecular flexibility index (Phi) is 2.63. The van der Waals surface area contributed by atoms with Crippen molar-refractivity contribution in [3.05, 3.63) is 70.3 Å². The number of aryl methyl sites for hydroxylation is 2. The van der Waals surface area contributed by atoms with Crippen molar-refractivity contribution in [1.82, 2.24) is 19.2 Å². The molecule has 0 N–H and O–H groups in total. The highest BCUT2D eigenvalue weighted by Gasteiger charge is 2.14. The van der Waals surface area contributed by atoms with Gasteiger partial charge < -0.3 is 0 Å². The molecule has 2 aromatic heterocycles. The third kappa shape index (κ3) is 1.69. The molecule has 0 saturated heterocycles. The van der Waals surface area contributed by atoms with Crippen molar-refractivity contribution >= 4 is 16.7 Å². The van der Waals surface area contributed by atoms with E-state index in [1.807, 2.05) is 60.7 Å². The van der Waals surface area contributed by atoms with Crippen LogP contribution in [0.3, 0.4) is 0 Å². The van der Waals surface area contributed by atoms with Gasteiger partial charge in [0.25, 0.3) is 5.56 Å². The van der Waals surface area contributed by atoms with Crippen LogP contribution in [0, 0.1) is 13.8 Å². The summed E-state index contributed by atoms with van der Waals surface area (Å²) in [7, 11) is 0. The molecule has 0 bridgehead atoms. The van der Waals surface area contributed by atoms with Gasteiger partial charge in [0.05, 0.1) is 16.6 Å². The number of para-hydroxylation sites is 1. The van der Waals surface area contributed by atoms with Gasteiger partial charge in [0.2, 0.25) is 5.78 Å². The summed E-state index contributed by atoms with van der Waals surface area (Å²) in [5.41, 5.74) is 3.69. The summed E-state index contributed by atoms with van der Waals surface area (Å²) in [5.74, 6) is 0.525. The molecule has 22 heavy (non-hydrogen) atoms. The average Bonchev–Trinajstić information content (AvgIpc) is 3.00. The van der Waals surface area contributed by atoms with Gasteiger partial charge >= 0.3 is 0 Å². The van der Waals surface area contributed by atoms with Crippen LogP contribution in [-0.4, -0.2) is 19.2 Å². The Morgan fingerprint density at radius 3 is 2.73 bits per heavy atom. The molecule has 108 valence electrons. The highest BCUT2D eigenvalue weighted by molar-refractivity contribution is 5.80. The van der Waals surface area contributed by atoms with Crippen molar-refractivity contribution in [1.29, 1.82) is 0 Å². The fourth-order valence-electron chi connectivity index (χ4n) is 2.80. The van der Waals surface area contributed by atoms with Crippen LogP contribution in [0.25, 0.3) is 22.4 Å². The molecule has 0 fully saturated rings. The maximum atomic E-state index is 13.0. The highest BCUT2D eigenvalue weighted by Crippen LogP contribution is 2.19. The molecule has 2 heterocycles. The van der Waals surface area contributed by atoms with Crippen LogP contribution in [0.4, 0.5) is 0 Å². The maximum Gasteiger partial charge on any atom is 0.267 e. The quantitative estimate of drug-likeness (QED) is 0.541. The van der Waals surface area contributed by atoms with Crippen molar-refractivity contribution in [2.24, 2.45) is 0 Å². The number of aromatic nitrogens is 4. The van der Waals surface area contributed by atoms with Crippen LogP contribution in [-0.2, 0) is 0 Å². The first kappa shape index (κ1) is 12.8. The Morgan fingerprint density at radius 2 is 1.86 bits per heavy atom. The zero-order valence-electron chi connectivity index (χ0n) is 12.3. The summed E-state index contributed by atoms with van der Waals surface area (Å²) in [6, 6.07) is 13.6. The lowest BCUT2D eigenvalue weighted by Crippen LogP contribution is -2.22. The second kappa shape index (κ2) is 4.53. The van der Waals surface area contributed by atoms with Gasteiger partial charge in [-0.3, -0.25) is 9.20 Å². The number of benzene rings is 2. The van der Waals surface area contributed by atoms with Gasteiger partial charge in [0, 0.05) is 0 Å². The molecule has 0 saturated carbocycles. The number of hydrogen-bond acceptors (Lipinski definition) is 3. The van der Waals surface area contributed by atoms with Gasteiger partial charge in [-0.05, 0) is 43.2 Å². The Labute approximate surface area is 126 Å². The van der Waals surface area contributed by atoms with E-state index in [1.165, 1.54) is 0 Å². The first-order valence-corrected chi connectivity index (χ1v) is 7.08. The van der Waals surface area contributed by atoms with Crippen LogP contribution < -0.4 is 5.56 Å². The third-order valence-electron chi connectivity index (χ3n) is 3.93. The second-order valence-electron chi connectivity index (χ2n) is 5.45. The van der Waals surface area contributed by atoms with Gasteiger partial charge in [0.1, 0.15) is 6.33 Å². The Morgan fingerprint density at radius 1 is 1.05 bits per heavy atom. The standard InChI is InChI=1S/C17H14N4O/c1-11-7-8-12(2)15(9-11)21-16(22)13-5-3-4-6-14(13)20-10-18-19-17(20)21/h3-10H,1-2H3. The van der Waals surface area contributed by atoms with Gasteiger partial charge in [-0.1, -0.05) is 24.3 Å². The van der Waals surface area contributed by atoms with E-state index in [0.717, 1.165) is 22.3 Å². The van der Waals surface area contributed by atoms with Crippen LogP contribution >= 0.6 is 0 Å². The Balaban J connectivity index is 2.26. The van der Waals surface area contributed by atoms with Crippen molar-refractivity contribution in [3.63, 3.8) is 0 Å². The van der Waals surface area contributed by atoms with Crippen LogP contribution in [0.15, 0.2) is 53.6 Å². The molecular formula is C17H14N4O. The molecule has 5 nitrogen and oxygen atoms in total. The summed E-state index contributed by atoms with van der Waals surface area (Å²) in [6.07, 6.45) is 1.64. The predicted molar refractivity (Wildman–Crippen MR) is 85.6 cm³/mol. The average molecular weight is 290 g/mol. The van der Waals surface area contributed by atoms with Crippen LogP contribution in [0.5, 0.6) is 0 Å². The minimum Gasteiger partial charge on any atom is -0.268 e. The fourth-order valence-corrected chi connectivity index (χ4v) is 2.80. The molecule has 4 aromatic rings. The molecule has 0 unspecified atom stereocenters. The van der Waals surface area contributed by atoms with Crippen LogP contribution in [0.1, 0.15) is 11.1 Å². The molecule has 2 aromatic carbocycles. The SMILES string of the molecule is Cc1ccc(C)c(-n2c(=O)c3ccccc3n3cnnc23)c1. The summed E-state index contributed by atoms with van der Waals surface area (Å²) in [4.78, 5) is 13.0. The lowest BCUT2D eigenvalue weighted by molar-refractivity contribution is 0.956. The van der Waals surface area contributed by atoms with E-state index in [-0.39, 0.29) is 5.56 Å². The molecule has 0 amide bonds. The minimum absolute atomic E-state index is 0.0789. The molecule has 0 atom stereocenters. The zero-order valence-corrected chi connectivity index (χ0v) is 12.3. The third-order valence-corrected chi connectivity index (χ3v) is 3.93. The number of hydrogen-bond donors (Lipinski definition) is 0. The van der Waals surface area contributed by atoms with E-state index < -0.39 is 0 Å². The van der Waals surface area contributed by atoms with E-state index in [4.69, 9.17) is 0 Å². The first-order chi connectivity index (χ1) is 10.7. The van der Waals surface area contributed by atoms with E-state index in [9.17, 15) is 4.79 Å². The Hall–Kier alpha value is -2.95. The van der Waals surface area contributed by atoms with E-state index in [0.29, 0.717) is 11.2 Å². The monoisotopic (exact) mass is 290 g/mol. The lowest BCUT2D eigenvalue weighted by Gasteiger charge is -2.13. The normalized spacial score (nSPS) is 11.4. The van der Waals surface area contributed by atoms with E-state index in [1.54, 1.807) is 10.9 Å². The van der Waals surface area contributed by atoms with Crippen molar-refractivity contribution < 1.29 is 0 Å². The van der Waals surface area contributed by atoms with Crippen LogP contribution in [0.2, 0.25) is 0 Å². The summed E-state index contributed by atoms with van der Waals surface area (Å²) >= 11 is 0. The number of nitrogens with zero attached hydrogens (tertiary/aromatic N) is 4. The molecule has 5 heteroatoms. The summed E-state index contributed by atoms with van der Waals surface area (Å²) < 4.78 is 3.48. The maximum absolute atomic E-state index is 13.0. The van der Waals surface area contributed by atoms with Crippen molar-refractivity contribution in [2.45, 2.75) is 13.8 Å². The van der Waals surface area contributed by atoms with Crippen molar-refractivity contribution in [2.75, 3.05) is 0 Å². The predicted octanol–water partition coefficient (Wildman–Crippen LogP) is 2.65. The van der Waals surface area contributed by atoms with E-state index >= 15 is 0 Å². The second-order valence-corrected chi connectivity index (χ2v) is 5.45. The smallest absolute Gasteiger partial charge is 0.267 e. The van der Waals surface area contributed by atoms with E-state index in [2.05, 4.69) is 10.2 Å². The van der Waals surface area contributed by atoms with Gasteiger partial charge in [-0.2, -0.15) is 0 Å². The highest BCUT2D eigenvalue weighted by atomic mass is 16.1. The zero-order chi connectivity index (χ0) is 15.3. The largest absolute Gasteiger partial charge is 0.268 e. The molecule has 4 rings (SSSR count). The summed E-state index contributed by atoms with van der Waals surface area (Å²) in [5, 5.41) is 8.79. The molecule has 0 spiro atoms. The number of fused-ring (bicyclic) bond motifs is 3. The molecule has 0 aliphatic rings. The van der Waals surface area contributed by atoms with Crippen molar-refractivity contribution in [3.8, 4) is 5.69 Å². The molecule has 0 aliphatic heterocycles. The first-order valence-electron chi connectivity index (χ1n) is 7.08. The molecule has 0 radical (unpaired) electrons. The van der Waals surface area contributed by atoms with Gasteiger partial charge in [-0.25, -0.2) is 4.57 Å². The lowest BCUT2D eigenvalue weighted by atomic mass is 10.1. The Bertz CT molecular complexity index is 1080. The minimum atomic E-state index is -0.0789. The number of rotatable bonds is 1. The van der Waals surface area contributed by atoms with Gasteiger partial charge in [-0.15, -0.1) is 10.2 Å². The molecular weight excluding hydrogens is 276 g/mol. The fraction of sp³-hybridized carbons (Fsp3) is 0.118. The summed E-state index contributed by atoms with van der Waals surface area (Å²) in [6.45, 7) is 4.00. The van der Waals surface area contributed by atoms with Gasteiger partial charge in [0.15, 0.2) is 0 Å².